The minimum absolute atomic E-state index is 0.134. The molecule has 3 aromatic rings. The van der Waals surface area contributed by atoms with Crippen LogP contribution in [0.2, 0.25) is 0 Å². The van der Waals surface area contributed by atoms with Crippen LogP contribution in [-0.4, -0.2) is 38.7 Å². The van der Waals surface area contributed by atoms with Crippen molar-refractivity contribution in [3.63, 3.8) is 0 Å². The van der Waals surface area contributed by atoms with Crippen molar-refractivity contribution in [2.45, 2.75) is 6.42 Å². The molecule has 0 atom stereocenters. The highest BCUT2D eigenvalue weighted by molar-refractivity contribution is 9.10. The Hall–Kier alpha value is -3.16. The highest BCUT2D eigenvalue weighted by Gasteiger charge is 2.09. The first-order valence-corrected chi connectivity index (χ1v) is 11.0. The molecule has 0 spiro atoms. The summed E-state index contributed by atoms with van der Waals surface area (Å²) in [7, 11) is 1.63. The minimum atomic E-state index is -0.291. The standard InChI is InChI=1S/C25H25BrN2O4/c1-31-15-5-14-27-25(30)19-8-11-21(12-9-19)28-24(29)17-32-23-13-10-20(16-22(23)26)18-6-3-2-4-7-18/h2-4,6-13,16H,5,14-15,17H2,1H3,(H,27,30)(H,28,29). The number of nitrogens with one attached hydrogen (secondary N) is 2. The van der Waals surface area contributed by atoms with Gasteiger partial charge in [-0.2, -0.15) is 0 Å². The van der Waals surface area contributed by atoms with Crippen molar-refractivity contribution in [2.75, 3.05) is 32.2 Å². The molecule has 6 nitrogen and oxygen atoms in total. The second-order valence-corrected chi connectivity index (χ2v) is 7.88. The van der Waals surface area contributed by atoms with Gasteiger partial charge in [0.2, 0.25) is 0 Å². The van der Waals surface area contributed by atoms with Gasteiger partial charge in [0.25, 0.3) is 11.8 Å². The maximum Gasteiger partial charge on any atom is 0.262 e. The normalized spacial score (nSPS) is 10.4. The smallest absolute Gasteiger partial charge is 0.262 e. The van der Waals surface area contributed by atoms with Crippen LogP contribution in [0, 0.1) is 0 Å². The van der Waals surface area contributed by atoms with Crippen LogP contribution < -0.4 is 15.4 Å². The van der Waals surface area contributed by atoms with E-state index < -0.39 is 0 Å². The Kier molecular flexibility index (Phi) is 8.83. The lowest BCUT2D eigenvalue weighted by Crippen LogP contribution is -2.25. The highest BCUT2D eigenvalue weighted by Crippen LogP contribution is 2.30. The molecule has 0 radical (unpaired) electrons. The van der Waals surface area contributed by atoms with Crippen LogP contribution in [0.15, 0.2) is 77.3 Å². The lowest BCUT2D eigenvalue weighted by molar-refractivity contribution is -0.118. The number of benzene rings is 3. The maximum absolute atomic E-state index is 12.3. The molecule has 0 fully saturated rings. The second-order valence-electron chi connectivity index (χ2n) is 7.03. The molecule has 0 saturated carbocycles. The zero-order chi connectivity index (χ0) is 22.8. The molecule has 166 valence electrons. The summed E-state index contributed by atoms with van der Waals surface area (Å²) in [6, 6.07) is 22.5. The fourth-order valence-corrected chi connectivity index (χ4v) is 3.49. The van der Waals surface area contributed by atoms with E-state index in [9.17, 15) is 9.59 Å². The SMILES string of the molecule is COCCCNC(=O)c1ccc(NC(=O)COc2ccc(-c3ccccc3)cc2Br)cc1. The number of anilines is 1. The first kappa shape index (κ1) is 23.5. The molecule has 7 heteroatoms. The molecule has 3 rings (SSSR count). The Morgan fingerprint density at radius 1 is 0.938 bits per heavy atom. The maximum atomic E-state index is 12.3. The first-order valence-electron chi connectivity index (χ1n) is 10.2. The van der Waals surface area contributed by atoms with Gasteiger partial charge in [0.1, 0.15) is 5.75 Å². The van der Waals surface area contributed by atoms with E-state index in [-0.39, 0.29) is 18.4 Å². The Morgan fingerprint density at radius 3 is 2.38 bits per heavy atom. The summed E-state index contributed by atoms with van der Waals surface area (Å²) in [5.41, 5.74) is 3.27. The summed E-state index contributed by atoms with van der Waals surface area (Å²) in [4.78, 5) is 24.3. The molecule has 0 unspecified atom stereocenters. The van der Waals surface area contributed by atoms with Gasteiger partial charge >= 0.3 is 0 Å². The van der Waals surface area contributed by atoms with Gasteiger partial charge in [0.15, 0.2) is 6.61 Å². The fraction of sp³-hybridized carbons (Fsp3) is 0.200. The second kappa shape index (κ2) is 12.0. The van der Waals surface area contributed by atoms with Crippen molar-refractivity contribution in [3.8, 4) is 16.9 Å². The lowest BCUT2D eigenvalue weighted by atomic mass is 10.1. The minimum Gasteiger partial charge on any atom is -0.483 e. The van der Waals surface area contributed by atoms with Crippen LogP contribution in [0.5, 0.6) is 5.75 Å². The van der Waals surface area contributed by atoms with E-state index >= 15 is 0 Å². The number of ether oxygens (including phenoxy) is 2. The average Bonchev–Trinajstić information content (AvgIpc) is 2.82. The van der Waals surface area contributed by atoms with Gasteiger partial charge in [0.05, 0.1) is 4.47 Å². The van der Waals surface area contributed by atoms with E-state index in [1.54, 1.807) is 31.4 Å². The van der Waals surface area contributed by atoms with Crippen molar-refractivity contribution >= 4 is 33.4 Å². The summed E-state index contributed by atoms with van der Waals surface area (Å²) in [6.45, 7) is 1.01. The molecular formula is C25H25BrN2O4. The average molecular weight is 497 g/mol. The van der Waals surface area contributed by atoms with Crippen LogP contribution in [0.1, 0.15) is 16.8 Å². The largest absolute Gasteiger partial charge is 0.483 e. The number of halogens is 1. The monoisotopic (exact) mass is 496 g/mol. The van der Waals surface area contributed by atoms with E-state index in [1.807, 2.05) is 48.5 Å². The van der Waals surface area contributed by atoms with Crippen molar-refractivity contribution in [2.24, 2.45) is 0 Å². The van der Waals surface area contributed by atoms with Crippen molar-refractivity contribution < 1.29 is 19.1 Å². The summed E-state index contributed by atoms with van der Waals surface area (Å²) in [5, 5.41) is 5.59. The van der Waals surface area contributed by atoms with Gasteiger partial charge in [-0.3, -0.25) is 9.59 Å². The number of carbonyl (C=O) groups excluding carboxylic acids is 2. The topological polar surface area (TPSA) is 76.7 Å². The van der Waals surface area contributed by atoms with Gasteiger partial charge < -0.3 is 20.1 Å². The van der Waals surface area contributed by atoms with E-state index in [0.29, 0.717) is 30.2 Å². The van der Waals surface area contributed by atoms with E-state index in [0.717, 1.165) is 22.0 Å². The Bertz CT molecular complexity index is 1040. The molecule has 3 aromatic carbocycles. The number of methoxy groups -OCH3 is 1. The third kappa shape index (κ3) is 6.93. The van der Waals surface area contributed by atoms with Gasteiger partial charge in [-0.05, 0) is 69.9 Å². The molecule has 0 saturated heterocycles. The zero-order valence-corrected chi connectivity index (χ0v) is 19.4. The zero-order valence-electron chi connectivity index (χ0n) is 17.8. The molecule has 0 aliphatic carbocycles. The summed E-state index contributed by atoms with van der Waals surface area (Å²) in [5.74, 6) is 0.132. The lowest BCUT2D eigenvalue weighted by Gasteiger charge is -2.11. The molecule has 0 heterocycles. The third-order valence-corrected chi connectivity index (χ3v) is 5.26. The van der Waals surface area contributed by atoms with E-state index in [2.05, 4.69) is 26.6 Å². The van der Waals surface area contributed by atoms with Gasteiger partial charge in [-0.1, -0.05) is 36.4 Å². The highest BCUT2D eigenvalue weighted by atomic mass is 79.9. The molecular weight excluding hydrogens is 472 g/mol. The summed E-state index contributed by atoms with van der Waals surface area (Å²) >= 11 is 3.51. The van der Waals surface area contributed by atoms with Crippen LogP contribution in [0.25, 0.3) is 11.1 Å². The predicted molar refractivity (Wildman–Crippen MR) is 129 cm³/mol. The first-order chi connectivity index (χ1) is 15.6. The molecule has 32 heavy (non-hydrogen) atoms. The van der Waals surface area contributed by atoms with Crippen LogP contribution in [0.4, 0.5) is 5.69 Å². The van der Waals surface area contributed by atoms with E-state index in [1.165, 1.54) is 0 Å². The quantitative estimate of drug-likeness (QED) is 0.391. The molecule has 0 bridgehead atoms. The Morgan fingerprint density at radius 2 is 1.69 bits per heavy atom. The van der Waals surface area contributed by atoms with Gasteiger partial charge in [0, 0.05) is 31.5 Å². The number of amides is 2. The summed E-state index contributed by atoms with van der Waals surface area (Å²) < 4.78 is 11.4. The summed E-state index contributed by atoms with van der Waals surface area (Å²) in [6.07, 6.45) is 0.751. The number of hydrogen-bond acceptors (Lipinski definition) is 4. The van der Waals surface area contributed by atoms with Crippen LogP contribution in [0.3, 0.4) is 0 Å². The van der Waals surface area contributed by atoms with E-state index in [4.69, 9.17) is 9.47 Å². The van der Waals surface area contributed by atoms with Crippen molar-refractivity contribution in [1.29, 1.82) is 0 Å². The van der Waals surface area contributed by atoms with Crippen LogP contribution >= 0.6 is 15.9 Å². The Labute approximate surface area is 196 Å². The number of carbonyl (C=O) groups is 2. The molecule has 0 aliphatic heterocycles. The molecule has 0 aromatic heterocycles. The van der Waals surface area contributed by atoms with Gasteiger partial charge in [-0.25, -0.2) is 0 Å². The van der Waals surface area contributed by atoms with Gasteiger partial charge in [-0.15, -0.1) is 0 Å². The van der Waals surface area contributed by atoms with Crippen LogP contribution in [-0.2, 0) is 9.53 Å². The molecule has 0 aliphatic rings. The third-order valence-electron chi connectivity index (χ3n) is 4.64. The number of rotatable bonds is 10. The van der Waals surface area contributed by atoms with Crippen molar-refractivity contribution in [3.05, 3.63) is 82.8 Å². The Balaban J connectivity index is 1.49. The predicted octanol–water partition coefficient (Wildman–Crippen LogP) is 4.90. The van der Waals surface area contributed by atoms with Crippen molar-refractivity contribution in [1.82, 2.24) is 5.32 Å². The number of hydrogen-bond donors (Lipinski definition) is 2. The molecule has 2 N–H and O–H groups in total. The fourth-order valence-electron chi connectivity index (χ4n) is 2.99. The molecule has 2 amide bonds.